The molecule has 28 heavy (non-hydrogen) atoms. The van der Waals surface area contributed by atoms with Crippen LogP contribution < -0.4 is 10.6 Å². The number of nitrogens with one attached hydrogen (secondary N) is 2. The van der Waals surface area contributed by atoms with Crippen molar-refractivity contribution in [1.29, 1.82) is 0 Å². The Balaban J connectivity index is 1.76. The van der Waals surface area contributed by atoms with Gasteiger partial charge in [-0.05, 0) is 31.0 Å². The molecule has 2 aromatic carbocycles. The maximum absolute atomic E-state index is 5.02. The molecule has 5 nitrogen and oxygen atoms in total. The number of rotatable bonds is 5. The summed E-state index contributed by atoms with van der Waals surface area (Å²) >= 11 is 0. The fourth-order valence-electron chi connectivity index (χ4n) is 3.33. The molecule has 4 rings (SSSR count). The minimum Gasteiger partial charge on any atom is -0.366 e. The van der Waals surface area contributed by atoms with Crippen LogP contribution in [0.25, 0.3) is 22.2 Å². The molecule has 2 N–H and O–H groups in total. The summed E-state index contributed by atoms with van der Waals surface area (Å²) < 4.78 is 0. The van der Waals surface area contributed by atoms with E-state index in [2.05, 4.69) is 63.9 Å². The van der Waals surface area contributed by atoms with E-state index < -0.39 is 0 Å². The van der Waals surface area contributed by atoms with Crippen LogP contribution >= 0.6 is 0 Å². The fourth-order valence-corrected chi connectivity index (χ4v) is 3.33. The molecule has 5 heteroatoms. The number of nitrogens with zero attached hydrogens (tertiary/aromatic N) is 3. The third kappa shape index (κ3) is 3.64. The number of pyridine rings is 1. The third-order valence-electron chi connectivity index (χ3n) is 4.71. The molecule has 2 aromatic heterocycles. The van der Waals surface area contributed by atoms with Gasteiger partial charge in [-0.15, -0.1) is 0 Å². The Labute approximate surface area is 164 Å². The van der Waals surface area contributed by atoms with Crippen LogP contribution in [0.5, 0.6) is 0 Å². The van der Waals surface area contributed by atoms with Crippen molar-refractivity contribution in [3.05, 3.63) is 77.5 Å². The van der Waals surface area contributed by atoms with E-state index in [0.717, 1.165) is 39.2 Å². The Morgan fingerprint density at radius 1 is 0.857 bits per heavy atom. The van der Waals surface area contributed by atoms with Crippen molar-refractivity contribution in [3.8, 4) is 11.3 Å². The van der Waals surface area contributed by atoms with Crippen molar-refractivity contribution in [2.75, 3.05) is 17.7 Å². The minimum absolute atomic E-state index is 0.609. The van der Waals surface area contributed by atoms with Crippen LogP contribution in [0.1, 0.15) is 16.8 Å². The highest BCUT2D eigenvalue weighted by atomic mass is 15.1. The van der Waals surface area contributed by atoms with Gasteiger partial charge >= 0.3 is 0 Å². The highest BCUT2D eigenvalue weighted by molar-refractivity contribution is 5.86. The highest BCUT2D eigenvalue weighted by Crippen LogP contribution is 2.28. The molecule has 0 saturated heterocycles. The van der Waals surface area contributed by atoms with Crippen molar-refractivity contribution in [3.63, 3.8) is 0 Å². The molecule has 0 saturated carbocycles. The second kappa shape index (κ2) is 7.64. The van der Waals surface area contributed by atoms with E-state index in [1.165, 1.54) is 5.56 Å². The van der Waals surface area contributed by atoms with Crippen LogP contribution in [-0.4, -0.2) is 22.0 Å². The molecule has 0 atom stereocenters. The Morgan fingerprint density at radius 2 is 1.68 bits per heavy atom. The number of aromatic nitrogens is 3. The van der Waals surface area contributed by atoms with Crippen molar-refractivity contribution >= 4 is 22.7 Å². The first kappa shape index (κ1) is 17.9. The first-order valence-electron chi connectivity index (χ1n) is 9.36. The maximum atomic E-state index is 5.02. The van der Waals surface area contributed by atoms with E-state index in [0.29, 0.717) is 12.5 Å². The average molecular weight is 369 g/mol. The maximum Gasteiger partial charge on any atom is 0.224 e. The van der Waals surface area contributed by atoms with Gasteiger partial charge in [-0.1, -0.05) is 48.5 Å². The first-order valence-corrected chi connectivity index (χ1v) is 9.36. The largest absolute Gasteiger partial charge is 0.366 e. The second-order valence-electron chi connectivity index (χ2n) is 6.83. The quantitative estimate of drug-likeness (QED) is 0.520. The van der Waals surface area contributed by atoms with Gasteiger partial charge in [0.05, 0.1) is 11.2 Å². The number of benzene rings is 2. The molecule has 2 heterocycles. The van der Waals surface area contributed by atoms with E-state index in [9.17, 15) is 0 Å². The summed E-state index contributed by atoms with van der Waals surface area (Å²) in [6.45, 7) is 4.69. The number of para-hydroxylation sites is 1. The SMILES string of the molecule is CNc1nc(C)cc(NCc2cc3cccc(C)c3nc2-c2ccccc2)n1. The molecule has 0 unspecified atom stereocenters. The van der Waals surface area contributed by atoms with E-state index >= 15 is 0 Å². The van der Waals surface area contributed by atoms with Crippen LogP contribution in [0.2, 0.25) is 0 Å². The lowest BCUT2D eigenvalue weighted by atomic mass is 10.0. The zero-order chi connectivity index (χ0) is 19.5. The van der Waals surface area contributed by atoms with E-state index in [1.54, 1.807) is 0 Å². The standard InChI is InChI=1S/C23H23N5/c1-15-8-7-11-18-13-19(14-25-20-12-16(2)26-23(24-3)27-20)22(28-21(15)18)17-9-5-4-6-10-17/h4-13H,14H2,1-3H3,(H2,24,25,26,27). The molecule has 0 radical (unpaired) electrons. The molecular formula is C23H23N5. The van der Waals surface area contributed by atoms with Crippen LogP contribution in [0, 0.1) is 13.8 Å². The molecule has 0 bridgehead atoms. The monoisotopic (exact) mass is 369 g/mol. The normalized spacial score (nSPS) is 10.8. The van der Waals surface area contributed by atoms with Gasteiger partial charge in [0.25, 0.3) is 0 Å². The van der Waals surface area contributed by atoms with Crippen LogP contribution in [0.15, 0.2) is 60.7 Å². The summed E-state index contributed by atoms with van der Waals surface area (Å²) in [5.41, 5.74) is 6.37. The molecule has 140 valence electrons. The molecule has 0 amide bonds. The lowest BCUT2D eigenvalue weighted by Crippen LogP contribution is -2.07. The number of aryl methyl sites for hydroxylation is 2. The predicted octanol–water partition coefficient (Wildman–Crippen LogP) is 4.96. The average Bonchev–Trinajstić information content (AvgIpc) is 2.72. The third-order valence-corrected chi connectivity index (χ3v) is 4.71. The van der Waals surface area contributed by atoms with Gasteiger partial charge in [-0.25, -0.2) is 9.97 Å². The second-order valence-corrected chi connectivity index (χ2v) is 6.83. The molecule has 4 aromatic rings. The van der Waals surface area contributed by atoms with Gasteiger partial charge < -0.3 is 10.6 Å². The predicted molar refractivity (Wildman–Crippen MR) is 116 cm³/mol. The topological polar surface area (TPSA) is 62.7 Å². The Bertz CT molecular complexity index is 1120. The number of hydrogen-bond acceptors (Lipinski definition) is 5. The summed E-state index contributed by atoms with van der Waals surface area (Å²) in [4.78, 5) is 13.9. The van der Waals surface area contributed by atoms with E-state index in [-0.39, 0.29) is 0 Å². The molecule has 0 aliphatic rings. The molecular weight excluding hydrogens is 346 g/mol. The van der Waals surface area contributed by atoms with Gasteiger partial charge in [0, 0.05) is 36.3 Å². The zero-order valence-electron chi connectivity index (χ0n) is 16.3. The van der Waals surface area contributed by atoms with Gasteiger partial charge in [0.2, 0.25) is 5.95 Å². The van der Waals surface area contributed by atoms with Gasteiger partial charge in [0.1, 0.15) is 5.82 Å². The fraction of sp³-hybridized carbons (Fsp3) is 0.174. The molecule has 0 aliphatic carbocycles. The first-order chi connectivity index (χ1) is 13.6. The Kier molecular flexibility index (Phi) is 4.89. The lowest BCUT2D eigenvalue weighted by Gasteiger charge is -2.14. The summed E-state index contributed by atoms with van der Waals surface area (Å²) in [5, 5.41) is 7.58. The van der Waals surface area contributed by atoms with Crippen molar-refractivity contribution < 1.29 is 0 Å². The zero-order valence-corrected chi connectivity index (χ0v) is 16.3. The molecule has 0 fully saturated rings. The number of fused-ring (bicyclic) bond motifs is 1. The van der Waals surface area contributed by atoms with E-state index in [1.807, 2.05) is 38.2 Å². The van der Waals surface area contributed by atoms with Crippen LogP contribution in [0.4, 0.5) is 11.8 Å². The Hall–Kier alpha value is -3.47. The number of hydrogen-bond donors (Lipinski definition) is 2. The lowest BCUT2D eigenvalue weighted by molar-refractivity contribution is 1.05. The summed E-state index contributed by atoms with van der Waals surface area (Å²) in [5.74, 6) is 1.40. The molecule has 0 aliphatic heterocycles. The number of anilines is 2. The minimum atomic E-state index is 0.609. The van der Waals surface area contributed by atoms with E-state index in [4.69, 9.17) is 4.98 Å². The highest BCUT2D eigenvalue weighted by Gasteiger charge is 2.11. The Morgan fingerprint density at radius 3 is 2.46 bits per heavy atom. The van der Waals surface area contributed by atoms with Gasteiger partial charge in [-0.3, -0.25) is 0 Å². The summed E-state index contributed by atoms with van der Waals surface area (Å²) in [7, 11) is 1.82. The van der Waals surface area contributed by atoms with Crippen molar-refractivity contribution in [1.82, 2.24) is 15.0 Å². The smallest absolute Gasteiger partial charge is 0.224 e. The summed E-state index contributed by atoms with van der Waals surface area (Å²) in [6, 6.07) is 20.8. The van der Waals surface area contributed by atoms with Crippen LogP contribution in [-0.2, 0) is 6.54 Å². The van der Waals surface area contributed by atoms with Gasteiger partial charge in [0.15, 0.2) is 0 Å². The summed E-state index contributed by atoms with van der Waals surface area (Å²) in [6.07, 6.45) is 0. The van der Waals surface area contributed by atoms with Gasteiger partial charge in [-0.2, -0.15) is 4.98 Å². The van der Waals surface area contributed by atoms with Crippen molar-refractivity contribution in [2.24, 2.45) is 0 Å². The molecule has 0 spiro atoms. The van der Waals surface area contributed by atoms with Crippen LogP contribution in [0.3, 0.4) is 0 Å². The van der Waals surface area contributed by atoms with Crippen molar-refractivity contribution in [2.45, 2.75) is 20.4 Å².